The zero-order chi connectivity index (χ0) is 15.2. The number of halogens is 2. The maximum absolute atomic E-state index is 13.9. The van der Waals surface area contributed by atoms with Crippen LogP contribution in [0.1, 0.15) is 18.5 Å². The zero-order valence-corrected chi connectivity index (χ0v) is 12.2. The molecule has 0 saturated heterocycles. The Hall–Kier alpha value is -2.07. The summed E-state index contributed by atoms with van der Waals surface area (Å²) in [6.07, 6.45) is 0. The van der Waals surface area contributed by atoms with Gasteiger partial charge in [-0.05, 0) is 24.6 Å². The van der Waals surface area contributed by atoms with Crippen molar-refractivity contribution in [3.05, 3.63) is 64.9 Å². The normalized spacial score (nSPS) is 11.8. The van der Waals surface area contributed by atoms with E-state index in [0.29, 0.717) is 5.56 Å². The predicted octanol–water partition coefficient (Wildman–Crippen LogP) is 4.20. The summed E-state index contributed by atoms with van der Waals surface area (Å²) in [5.74, 6) is -1.00. The van der Waals surface area contributed by atoms with E-state index in [1.807, 2.05) is 6.07 Å². The number of ether oxygens (including phenoxy) is 1. The quantitative estimate of drug-likeness (QED) is 0.842. The van der Waals surface area contributed by atoms with Gasteiger partial charge in [-0.1, -0.05) is 48.0 Å². The molecular formula is C16H15ClFNO2. The fourth-order valence-electron chi connectivity index (χ4n) is 1.93. The van der Waals surface area contributed by atoms with Crippen LogP contribution in [0.25, 0.3) is 0 Å². The third-order valence-corrected chi connectivity index (χ3v) is 3.22. The highest BCUT2D eigenvalue weighted by molar-refractivity contribution is 6.33. The van der Waals surface area contributed by atoms with Crippen molar-refractivity contribution in [3.8, 4) is 0 Å². The third kappa shape index (κ3) is 3.73. The van der Waals surface area contributed by atoms with Gasteiger partial charge in [0, 0.05) is 0 Å². The number of hydrogen-bond acceptors (Lipinski definition) is 3. The van der Waals surface area contributed by atoms with Gasteiger partial charge >= 0.3 is 5.97 Å². The van der Waals surface area contributed by atoms with Crippen molar-refractivity contribution in [2.75, 3.05) is 11.9 Å². The molecule has 3 nitrogen and oxygen atoms in total. The molecule has 0 bridgehead atoms. The molecule has 0 aliphatic carbocycles. The molecule has 0 heterocycles. The lowest BCUT2D eigenvalue weighted by atomic mass is 10.1. The van der Waals surface area contributed by atoms with Crippen LogP contribution in [-0.4, -0.2) is 12.6 Å². The number of para-hydroxylation sites is 1. The minimum atomic E-state index is -0.819. The van der Waals surface area contributed by atoms with Crippen LogP contribution in [0.4, 0.5) is 10.1 Å². The highest BCUT2D eigenvalue weighted by Gasteiger charge is 2.23. The molecular weight excluding hydrogens is 293 g/mol. The molecule has 110 valence electrons. The molecule has 0 aliphatic rings. The van der Waals surface area contributed by atoms with Gasteiger partial charge < -0.3 is 10.1 Å². The van der Waals surface area contributed by atoms with E-state index in [9.17, 15) is 9.18 Å². The van der Waals surface area contributed by atoms with Crippen LogP contribution in [0, 0.1) is 5.82 Å². The van der Waals surface area contributed by atoms with Crippen LogP contribution in [-0.2, 0) is 9.53 Å². The molecule has 1 N–H and O–H groups in total. The Morgan fingerprint density at radius 1 is 1.24 bits per heavy atom. The smallest absolute Gasteiger partial charge is 0.333 e. The van der Waals surface area contributed by atoms with E-state index >= 15 is 0 Å². The van der Waals surface area contributed by atoms with Gasteiger partial charge in [-0.3, -0.25) is 0 Å². The van der Waals surface area contributed by atoms with E-state index in [1.165, 1.54) is 12.1 Å². The van der Waals surface area contributed by atoms with Crippen LogP contribution >= 0.6 is 11.6 Å². The van der Waals surface area contributed by atoms with Crippen LogP contribution in [0.5, 0.6) is 0 Å². The van der Waals surface area contributed by atoms with Crippen LogP contribution < -0.4 is 5.32 Å². The topological polar surface area (TPSA) is 38.3 Å². The van der Waals surface area contributed by atoms with Gasteiger partial charge in [0.2, 0.25) is 0 Å². The maximum atomic E-state index is 13.9. The Morgan fingerprint density at radius 3 is 2.57 bits per heavy atom. The summed E-state index contributed by atoms with van der Waals surface area (Å²) in [4.78, 5) is 12.1. The number of carbonyl (C=O) groups excluding carboxylic acids is 1. The molecule has 0 amide bonds. The molecule has 0 aromatic heterocycles. The summed E-state index contributed by atoms with van der Waals surface area (Å²) >= 11 is 5.99. The Balaban J connectivity index is 2.35. The fraction of sp³-hybridized carbons (Fsp3) is 0.188. The third-order valence-electron chi connectivity index (χ3n) is 2.91. The number of rotatable bonds is 5. The lowest BCUT2D eigenvalue weighted by Crippen LogP contribution is -2.24. The van der Waals surface area contributed by atoms with Gasteiger partial charge in [0.05, 0.1) is 17.3 Å². The number of nitrogens with one attached hydrogen (secondary N) is 1. The Morgan fingerprint density at radius 2 is 1.95 bits per heavy atom. The number of hydrogen-bond donors (Lipinski definition) is 1. The maximum Gasteiger partial charge on any atom is 0.333 e. The minimum Gasteiger partial charge on any atom is -0.464 e. The molecule has 0 spiro atoms. The average Bonchev–Trinajstić information content (AvgIpc) is 2.48. The summed E-state index contributed by atoms with van der Waals surface area (Å²) in [5.41, 5.74) is 0.761. The lowest BCUT2D eigenvalue weighted by Gasteiger charge is -2.20. The van der Waals surface area contributed by atoms with Gasteiger partial charge in [0.15, 0.2) is 6.04 Å². The second-order valence-corrected chi connectivity index (χ2v) is 4.74. The Kier molecular flexibility index (Phi) is 5.17. The number of esters is 1. The summed E-state index contributed by atoms with van der Waals surface area (Å²) in [6, 6.07) is 12.5. The van der Waals surface area contributed by atoms with Crippen molar-refractivity contribution in [3.63, 3.8) is 0 Å². The molecule has 0 radical (unpaired) electrons. The fourth-order valence-corrected chi connectivity index (χ4v) is 2.15. The van der Waals surface area contributed by atoms with Crippen LogP contribution in [0.2, 0.25) is 5.02 Å². The van der Waals surface area contributed by atoms with Gasteiger partial charge in [-0.15, -0.1) is 0 Å². The van der Waals surface area contributed by atoms with E-state index in [0.717, 1.165) is 0 Å². The highest BCUT2D eigenvalue weighted by atomic mass is 35.5. The zero-order valence-electron chi connectivity index (χ0n) is 11.5. The monoisotopic (exact) mass is 307 g/mol. The molecule has 0 aliphatic heterocycles. The molecule has 5 heteroatoms. The van der Waals surface area contributed by atoms with E-state index in [4.69, 9.17) is 16.3 Å². The molecule has 1 atom stereocenters. The standard InChI is InChI=1S/C16H15ClFNO2/c1-2-21-16(20)14(11-7-4-3-5-8-11)19-15-12(17)9-6-10-13(15)18/h3-10,14,19H,2H2,1H3. The number of carbonyl (C=O) groups is 1. The van der Waals surface area contributed by atoms with E-state index in [1.54, 1.807) is 37.3 Å². The highest BCUT2D eigenvalue weighted by Crippen LogP contribution is 2.29. The van der Waals surface area contributed by atoms with Crippen molar-refractivity contribution in [2.45, 2.75) is 13.0 Å². The molecule has 2 aromatic carbocycles. The summed E-state index contributed by atoms with van der Waals surface area (Å²) in [5, 5.41) is 3.04. The van der Waals surface area contributed by atoms with E-state index in [-0.39, 0.29) is 17.3 Å². The van der Waals surface area contributed by atoms with Crippen molar-refractivity contribution < 1.29 is 13.9 Å². The van der Waals surface area contributed by atoms with Crippen LogP contribution in [0.3, 0.4) is 0 Å². The summed E-state index contributed by atoms with van der Waals surface area (Å²) in [7, 11) is 0. The van der Waals surface area contributed by atoms with Crippen molar-refractivity contribution in [1.82, 2.24) is 0 Å². The van der Waals surface area contributed by atoms with Crippen molar-refractivity contribution in [1.29, 1.82) is 0 Å². The van der Waals surface area contributed by atoms with Gasteiger partial charge in [-0.2, -0.15) is 0 Å². The number of anilines is 1. The average molecular weight is 308 g/mol. The van der Waals surface area contributed by atoms with Gasteiger partial charge in [-0.25, -0.2) is 9.18 Å². The molecule has 2 aromatic rings. The van der Waals surface area contributed by atoms with Crippen molar-refractivity contribution in [2.24, 2.45) is 0 Å². The first-order chi connectivity index (χ1) is 10.1. The molecule has 0 saturated carbocycles. The van der Waals surface area contributed by atoms with Gasteiger partial charge in [0.1, 0.15) is 5.82 Å². The van der Waals surface area contributed by atoms with E-state index in [2.05, 4.69) is 5.32 Å². The molecule has 1 unspecified atom stereocenters. The summed E-state index contributed by atoms with van der Waals surface area (Å²) in [6.45, 7) is 1.96. The largest absolute Gasteiger partial charge is 0.464 e. The number of benzene rings is 2. The van der Waals surface area contributed by atoms with Crippen LogP contribution in [0.15, 0.2) is 48.5 Å². The second kappa shape index (κ2) is 7.09. The summed E-state index contributed by atoms with van der Waals surface area (Å²) < 4.78 is 18.9. The first-order valence-electron chi connectivity index (χ1n) is 6.55. The SMILES string of the molecule is CCOC(=O)C(Nc1c(F)cccc1Cl)c1ccccc1. The second-order valence-electron chi connectivity index (χ2n) is 4.34. The first kappa shape index (κ1) is 15.3. The predicted molar refractivity (Wildman–Crippen MR) is 80.8 cm³/mol. The Bertz CT molecular complexity index is 599. The minimum absolute atomic E-state index is 0.0843. The Labute approximate surface area is 127 Å². The lowest BCUT2D eigenvalue weighted by molar-refractivity contribution is -0.144. The van der Waals surface area contributed by atoms with Gasteiger partial charge in [0.25, 0.3) is 0 Å². The molecule has 2 rings (SSSR count). The molecule has 0 fully saturated rings. The first-order valence-corrected chi connectivity index (χ1v) is 6.93. The van der Waals surface area contributed by atoms with Crippen molar-refractivity contribution >= 4 is 23.3 Å². The molecule has 21 heavy (non-hydrogen) atoms. The van der Waals surface area contributed by atoms with E-state index < -0.39 is 17.8 Å².